The number of carbonyl (C=O) groups excluding carboxylic acids is 2. The van der Waals surface area contributed by atoms with E-state index in [4.69, 9.17) is 4.84 Å². The largest absolute Gasteiger partial charge is 0.343 e. The number of hydrogen-bond donors (Lipinski definition) is 1. The molecule has 164 valence electrons. The number of hydrogen-bond acceptors (Lipinski definition) is 5. The van der Waals surface area contributed by atoms with Crippen LogP contribution in [-0.4, -0.2) is 39.4 Å². The van der Waals surface area contributed by atoms with Gasteiger partial charge in [-0.15, -0.1) is 11.3 Å². The maximum Gasteiger partial charge on any atom is 0.294 e. The molecular formula is C22H25FN4O3S. The monoisotopic (exact) mass is 444 g/mol. The number of nitrogens with zero attached hydrogens (tertiary/aromatic N) is 3. The minimum absolute atomic E-state index is 0.0685. The summed E-state index contributed by atoms with van der Waals surface area (Å²) in [5.74, 6) is -1.25. The first kappa shape index (κ1) is 22.6. The molecule has 0 aliphatic carbocycles. The van der Waals surface area contributed by atoms with Crippen LogP contribution in [0.3, 0.4) is 0 Å². The minimum Gasteiger partial charge on any atom is -0.343 e. The lowest BCUT2D eigenvalue weighted by molar-refractivity contribution is 0.0360. The van der Waals surface area contributed by atoms with Gasteiger partial charge in [0.15, 0.2) is 0 Å². The Morgan fingerprint density at radius 1 is 1.23 bits per heavy atom. The molecule has 0 unspecified atom stereocenters. The van der Waals surface area contributed by atoms with Gasteiger partial charge >= 0.3 is 0 Å². The van der Waals surface area contributed by atoms with Crippen molar-refractivity contribution < 1.29 is 18.8 Å². The lowest BCUT2D eigenvalue weighted by Gasteiger charge is -2.23. The highest BCUT2D eigenvalue weighted by Crippen LogP contribution is 2.17. The molecule has 9 heteroatoms. The molecule has 31 heavy (non-hydrogen) atoms. The third kappa shape index (κ3) is 5.77. The van der Waals surface area contributed by atoms with Gasteiger partial charge in [-0.3, -0.25) is 14.4 Å². The third-order valence-corrected chi connectivity index (χ3v) is 5.39. The maximum absolute atomic E-state index is 14.1. The van der Waals surface area contributed by atoms with Crippen molar-refractivity contribution in [2.45, 2.75) is 33.4 Å². The number of carbonyl (C=O) groups is 2. The van der Waals surface area contributed by atoms with E-state index in [1.807, 2.05) is 29.8 Å². The number of nitrogens with one attached hydrogen (secondary N) is 1. The average Bonchev–Trinajstić information content (AvgIpc) is 3.41. The number of amides is 2. The molecule has 1 N–H and O–H groups in total. The van der Waals surface area contributed by atoms with Crippen molar-refractivity contribution in [2.24, 2.45) is 0 Å². The molecular weight excluding hydrogens is 419 g/mol. The molecule has 2 heterocycles. The van der Waals surface area contributed by atoms with Gasteiger partial charge in [-0.2, -0.15) is 0 Å². The van der Waals surface area contributed by atoms with Crippen molar-refractivity contribution in [3.8, 4) is 0 Å². The van der Waals surface area contributed by atoms with E-state index in [0.29, 0.717) is 31.9 Å². The highest BCUT2D eigenvalue weighted by molar-refractivity contribution is 7.09. The summed E-state index contributed by atoms with van der Waals surface area (Å²) in [7, 11) is 0. The van der Waals surface area contributed by atoms with E-state index in [1.54, 1.807) is 29.3 Å². The zero-order valence-electron chi connectivity index (χ0n) is 17.5. The van der Waals surface area contributed by atoms with Crippen molar-refractivity contribution >= 4 is 23.2 Å². The molecule has 3 rings (SSSR count). The number of rotatable bonds is 10. The van der Waals surface area contributed by atoms with Crippen LogP contribution in [0, 0.1) is 5.82 Å². The van der Waals surface area contributed by atoms with E-state index >= 15 is 0 Å². The molecule has 0 aliphatic heterocycles. The fourth-order valence-electron chi connectivity index (χ4n) is 3.09. The maximum atomic E-state index is 14.1. The zero-order chi connectivity index (χ0) is 22.2. The van der Waals surface area contributed by atoms with E-state index in [9.17, 15) is 14.0 Å². The van der Waals surface area contributed by atoms with E-state index < -0.39 is 5.82 Å². The number of benzene rings is 1. The second-order valence-corrected chi connectivity index (χ2v) is 7.77. The summed E-state index contributed by atoms with van der Waals surface area (Å²) < 4.78 is 16.1. The van der Waals surface area contributed by atoms with Gasteiger partial charge in [-0.05, 0) is 37.6 Å². The quantitative estimate of drug-likeness (QED) is 0.482. The Hall–Kier alpha value is -3.04. The Labute approximate surface area is 184 Å². The topological polar surface area (TPSA) is 76.5 Å². The highest BCUT2D eigenvalue weighted by atomic mass is 32.1. The van der Waals surface area contributed by atoms with Gasteiger partial charge in [-0.25, -0.2) is 14.9 Å². The Morgan fingerprint density at radius 3 is 2.77 bits per heavy atom. The number of hydroxylamine groups is 1. The van der Waals surface area contributed by atoms with Gasteiger partial charge in [0.25, 0.3) is 11.8 Å². The van der Waals surface area contributed by atoms with Crippen LogP contribution in [0.2, 0.25) is 0 Å². The molecule has 1 aromatic carbocycles. The molecule has 0 atom stereocenters. The summed E-state index contributed by atoms with van der Waals surface area (Å²) in [5.41, 5.74) is 3.59. The Kier molecular flexibility index (Phi) is 7.91. The van der Waals surface area contributed by atoms with Crippen LogP contribution in [0.4, 0.5) is 4.39 Å². The molecule has 0 radical (unpaired) electrons. The van der Waals surface area contributed by atoms with Gasteiger partial charge < -0.3 is 9.47 Å². The van der Waals surface area contributed by atoms with Crippen LogP contribution >= 0.6 is 11.3 Å². The molecule has 0 saturated carbocycles. The van der Waals surface area contributed by atoms with Crippen LogP contribution in [-0.2, 0) is 17.9 Å². The van der Waals surface area contributed by atoms with Crippen LogP contribution in [0.25, 0.3) is 0 Å². The highest BCUT2D eigenvalue weighted by Gasteiger charge is 2.20. The van der Waals surface area contributed by atoms with E-state index in [-0.39, 0.29) is 17.4 Å². The van der Waals surface area contributed by atoms with Gasteiger partial charge in [0.05, 0.1) is 25.3 Å². The summed E-state index contributed by atoms with van der Waals surface area (Å²) in [4.78, 5) is 35.8. The third-order valence-electron chi connectivity index (χ3n) is 4.56. The molecule has 2 amide bonds. The van der Waals surface area contributed by atoms with Crippen LogP contribution < -0.4 is 5.48 Å². The van der Waals surface area contributed by atoms with E-state index in [2.05, 4.69) is 10.5 Å². The molecule has 0 aliphatic rings. The molecule has 2 aromatic heterocycles. The standard InChI is InChI=1S/C22H25FN4O3S/c1-3-11-27(22(29)17-9-5-6-10-18(17)23)13-16-8-7-12-26(16)14-20-24-19(15-31-20)21(28)25-30-4-2/h5-10,12,15H,3-4,11,13-14H2,1-2H3,(H,25,28). The Balaban J connectivity index is 1.73. The van der Waals surface area contributed by atoms with Crippen LogP contribution in [0.5, 0.6) is 0 Å². The molecule has 0 fully saturated rings. The van der Waals surface area contributed by atoms with Crippen LogP contribution in [0.15, 0.2) is 48.0 Å². The summed E-state index contributed by atoms with van der Waals surface area (Å²) in [5, 5.41) is 2.43. The molecule has 0 spiro atoms. The van der Waals surface area contributed by atoms with Crippen molar-refractivity contribution in [3.05, 3.63) is 75.8 Å². The molecule has 3 aromatic rings. The zero-order valence-corrected chi connectivity index (χ0v) is 18.3. The summed E-state index contributed by atoms with van der Waals surface area (Å²) in [6, 6.07) is 9.84. The Morgan fingerprint density at radius 2 is 2.03 bits per heavy atom. The fourth-order valence-corrected chi connectivity index (χ4v) is 3.87. The van der Waals surface area contributed by atoms with Gasteiger partial charge in [0.2, 0.25) is 0 Å². The van der Waals surface area contributed by atoms with Crippen molar-refractivity contribution in [3.63, 3.8) is 0 Å². The summed E-state index contributed by atoms with van der Waals surface area (Å²) >= 11 is 1.37. The first-order valence-electron chi connectivity index (χ1n) is 10.1. The van der Waals surface area contributed by atoms with E-state index in [1.165, 1.54) is 23.5 Å². The van der Waals surface area contributed by atoms with Crippen molar-refractivity contribution in [2.75, 3.05) is 13.2 Å². The smallest absolute Gasteiger partial charge is 0.294 e. The second-order valence-electron chi connectivity index (χ2n) is 6.82. The van der Waals surface area contributed by atoms with Gasteiger partial charge in [0.1, 0.15) is 16.5 Å². The lowest BCUT2D eigenvalue weighted by Crippen LogP contribution is -2.32. The number of halogens is 1. The fraction of sp³-hybridized carbons (Fsp3) is 0.318. The minimum atomic E-state index is -0.523. The van der Waals surface area contributed by atoms with Gasteiger partial charge in [0, 0.05) is 23.8 Å². The second kappa shape index (κ2) is 10.8. The first-order valence-corrected chi connectivity index (χ1v) is 11.0. The Bertz CT molecular complexity index is 1030. The van der Waals surface area contributed by atoms with Crippen molar-refractivity contribution in [1.82, 2.24) is 19.9 Å². The van der Waals surface area contributed by atoms with Gasteiger partial charge in [-0.1, -0.05) is 19.1 Å². The molecule has 0 saturated heterocycles. The predicted molar refractivity (Wildman–Crippen MR) is 116 cm³/mol. The summed E-state index contributed by atoms with van der Waals surface area (Å²) in [6.07, 6.45) is 2.65. The number of thiazole rings is 1. The lowest BCUT2D eigenvalue weighted by atomic mass is 10.1. The first-order chi connectivity index (χ1) is 15.0. The SMILES string of the molecule is CCCN(Cc1cccn1Cc1nc(C(=O)NOCC)cs1)C(=O)c1ccccc1F. The summed E-state index contributed by atoms with van der Waals surface area (Å²) in [6.45, 7) is 5.44. The normalized spacial score (nSPS) is 10.8. The van der Waals surface area contributed by atoms with Crippen LogP contribution in [0.1, 0.15) is 51.8 Å². The van der Waals surface area contributed by atoms with Crippen molar-refractivity contribution in [1.29, 1.82) is 0 Å². The molecule has 7 nitrogen and oxygen atoms in total. The van der Waals surface area contributed by atoms with E-state index in [0.717, 1.165) is 17.1 Å². The molecule has 0 bridgehead atoms. The predicted octanol–water partition coefficient (Wildman–Crippen LogP) is 3.87. The average molecular weight is 445 g/mol. The number of aromatic nitrogens is 2.